The summed E-state index contributed by atoms with van der Waals surface area (Å²) in [5.41, 5.74) is 0.317. The SMILES string of the molecule is O=C(Cc1ccc(OCC[C@H]2C[C@H]2C2CCN(c3ncc(Cl)cn3)CC2)cc1F)N1COC=N1. The minimum atomic E-state index is -0.448. The average molecular weight is 488 g/mol. The van der Waals surface area contributed by atoms with E-state index in [1.807, 2.05) is 0 Å². The Morgan fingerprint density at radius 2 is 2.03 bits per heavy atom. The monoisotopic (exact) mass is 487 g/mol. The van der Waals surface area contributed by atoms with E-state index in [4.69, 9.17) is 21.1 Å². The molecule has 2 atom stereocenters. The second kappa shape index (κ2) is 10.1. The minimum Gasteiger partial charge on any atom is -0.493 e. The van der Waals surface area contributed by atoms with E-state index in [0.29, 0.717) is 28.9 Å². The van der Waals surface area contributed by atoms with Gasteiger partial charge in [0.1, 0.15) is 11.6 Å². The maximum Gasteiger partial charge on any atom is 0.250 e. The highest BCUT2D eigenvalue weighted by atomic mass is 35.5. The van der Waals surface area contributed by atoms with E-state index in [2.05, 4.69) is 20.0 Å². The molecule has 1 saturated carbocycles. The zero-order valence-electron chi connectivity index (χ0n) is 18.8. The Bertz CT molecular complexity index is 1050. The van der Waals surface area contributed by atoms with Crippen molar-refractivity contribution in [3.63, 3.8) is 0 Å². The van der Waals surface area contributed by atoms with E-state index >= 15 is 0 Å². The van der Waals surface area contributed by atoms with Crippen molar-refractivity contribution >= 4 is 29.9 Å². The van der Waals surface area contributed by atoms with Gasteiger partial charge in [0, 0.05) is 19.2 Å². The summed E-state index contributed by atoms with van der Waals surface area (Å²) in [4.78, 5) is 23.0. The van der Waals surface area contributed by atoms with Crippen molar-refractivity contribution in [2.75, 3.05) is 31.3 Å². The molecule has 8 nitrogen and oxygen atoms in total. The predicted molar refractivity (Wildman–Crippen MR) is 125 cm³/mol. The van der Waals surface area contributed by atoms with E-state index in [0.717, 1.165) is 50.1 Å². The predicted octanol–water partition coefficient (Wildman–Crippen LogP) is 3.89. The second-order valence-electron chi connectivity index (χ2n) is 9.06. The number of aromatic nitrogens is 2. The van der Waals surface area contributed by atoms with Crippen LogP contribution in [0.25, 0.3) is 0 Å². The average Bonchev–Trinajstić information content (AvgIpc) is 3.39. The third kappa shape index (κ3) is 5.41. The van der Waals surface area contributed by atoms with Gasteiger partial charge in [0.25, 0.3) is 0 Å². The molecule has 1 aromatic carbocycles. The number of rotatable bonds is 8. The zero-order valence-corrected chi connectivity index (χ0v) is 19.5. The molecule has 1 saturated heterocycles. The maximum absolute atomic E-state index is 14.4. The molecule has 3 aliphatic rings. The molecule has 34 heavy (non-hydrogen) atoms. The van der Waals surface area contributed by atoms with E-state index in [9.17, 15) is 9.18 Å². The minimum absolute atomic E-state index is 0.0691. The van der Waals surface area contributed by atoms with E-state index in [1.165, 1.54) is 23.9 Å². The number of benzene rings is 1. The Balaban J connectivity index is 1.02. The fourth-order valence-corrected chi connectivity index (χ4v) is 4.98. The first-order valence-electron chi connectivity index (χ1n) is 11.6. The number of ether oxygens (including phenoxy) is 2. The Kier molecular flexibility index (Phi) is 6.80. The van der Waals surface area contributed by atoms with E-state index < -0.39 is 5.82 Å². The van der Waals surface area contributed by atoms with Crippen LogP contribution in [-0.4, -0.2) is 53.7 Å². The molecular weight excluding hydrogens is 461 g/mol. The molecule has 1 aliphatic carbocycles. The number of hydrogen-bond acceptors (Lipinski definition) is 7. The molecule has 180 valence electrons. The van der Waals surface area contributed by atoms with Crippen molar-refractivity contribution in [3.8, 4) is 5.75 Å². The van der Waals surface area contributed by atoms with Crippen molar-refractivity contribution in [2.45, 2.75) is 32.1 Å². The molecular formula is C24H27ClFN5O3. The first-order chi connectivity index (χ1) is 16.6. The summed E-state index contributed by atoms with van der Waals surface area (Å²) in [6.45, 7) is 2.57. The van der Waals surface area contributed by atoms with Crippen LogP contribution >= 0.6 is 11.6 Å². The van der Waals surface area contributed by atoms with Crippen molar-refractivity contribution < 1.29 is 18.7 Å². The molecule has 2 aliphatic heterocycles. The fourth-order valence-electron chi connectivity index (χ4n) is 4.88. The molecule has 2 aromatic rings. The van der Waals surface area contributed by atoms with Crippen LogP contribution < -0.4 is 9.64 Å². The molecule has 0 spiro atoms. The summed E-state index contributed by atoms with van der Waals surface area (Å²) in [5, 5.41) is 5.51. The second-order valence-corrected chi connectivity index (χ2v) is 9.50. The van der Waals surface area contributed by atoms with Gasteiger partial charge in [-0.2, -0.15) is 5.01 Å². The molecule has 0 radical (unpaired) electrons. The third-order valence-corrected chi connectivity index (χ3v) is 7.08. The number of amides is 1. The standard InChI is InChI=1S/C24H27ClFN5O3/c25-19-12-27-24(28-13-19)30-6-3-16(4-7-30)21-9-17(21)5-8-34-20-2-1-18(22(26)11-20)10-23(32)31-15-33-14-29-31/h1-2,11-14,16-17,21H,3-10,15H2/t17-,21-/m0/s1. The molecule has 0 bridgehead atoms. The molecule has 0 unspecified atom stereocenters. The van der Waals surface area contributed by atoms with Gasteiger partial charge in [-0.05, 0) is 55.1 Å². The number of hydrazone groups is 1. The maximum atomic E-state index is 14.4. The van der Waals surface area contributed by atoms with Gasteiger partial charge in [-0.15, -0.1) is 5.10 Å². The van der Waals surface area contributed by atoms with Crippen molar-refractivity contribution in [2.24, 2.45) is 22.9 Å². The molecule has 5 rings (SSSR count). The van der Waals surface area contributed by atoms with Gasteiger partial charge in [-0.3, -0.25) is 4.79 Å². The highest BCUT2D eigenvalue weighted by Crippen LogP contribution is 2.49. The van der Waals surface area contributed by atoms with Gasteiger partial charge in [0.2, 0.25) is 11.9 Å². The lowest BCUT2D eigenvalue weighted by atomic mass is 9.90. The largest absolute Gasteiger partial charge is 0.493 e. The van der Waals surface area contributed by atoms with Crippen LogP contribution in [0.4, 0.5) is 10.3 Å². The lowest BCUT2D eigenvalue weighted by molar-refractivity contribution is -0.132. The smallest absolute Gasteiger partial charge is 0.250 e. The Morgan fingerprint density at radius 3 is 2.74 bits per heavy atom. The summed E-state index contributed by atoms with van der Waals surface area (Å²) >= 11 is 5.88. The van der Waals surface area contributed by atoms with Crippen LogP contribution in [0, 0.1) is 23.6 Å². The number of anilines is 1. The van der Waals surface area contributed by atoms with Gasteiger partial charge >= 0.3 is 0 Å². The lowest BCUT2D eigenvalue weighted by Crippen LogP contribution is -2.35. The zero-order chi connectivity index (χ0) is 23.5. The highest BCUT2D eigenvalue weighted by Gasteiger charge is 2.43. The van der Waals surface area contributed by atoms with Gasteiger partial charge in [0.05, 0.1) is 30.4 Å². The quantitative estimate of drug-likeness (QED) is 0.562. The van der Waals surface area contributed by atoms with Crippen molar-refractivity contribution in [3.05, 3.63) is 47.0 Å². The van der Waals surface area contributed by atoms with Crippen LogP contribution in [0.1, 0.15) is 31.2 Å². The molecule has 1 amide bonds. The van der Waals surface area contributed by atoms with Gasteiger partial charge in [-0.1, -0.05) is 17.7 Å². The number of piperidine rings is 1. The van der Waals surface area contributed by atoms with Crippen LogP contribution in [0.5, 0.6) is 5.75 Å². The van der Waals surface area contributed by atoms with Gasteiger partial charge < -0.3 is 14.4 Å². The van der Waals surface area contributed by atoms with Crippen molar-refractivity contribution in [1.82, 2.24) is 15.0 Å². The van der Waals surface area contributed by atoms with Crippen LogP contribution in [0.2, 0.25) is 5.02 Å². The molecule has 10 heteroatoms. The summed E-state index contributed by atoms with van der Waals surface area (Å²) in [7, 11) is 0. The summed E-state index contributed by atoms with van der Waals surface area (Å²) in [6.07, 6.45) is 8.93. The normalized spacial score (nSPS) is 22.1. The fraction of sp³-hybridized carbons (Fsp3) is 0.500. The molecule has 1 aromatic heterocycles. The van der Waals surface area contributed by atoms with Crippen LogP contribution in [0.15, 0.2) is 35.7 Å². The summed E-state index contributed by atoms with van der Waals surface area (Å²) in [6, 6.07) is 4.67. The first kappa shape index (κ1) is 22.8. The Labute approximate surface area is 202 Å². The molecule has 2 fully saturated rings. The summed E-state index contributed by atoms with van der Waals surface area (Å²) < 4.78 is 25.1. The summed E-state index contributed by atoms with van der Waals surface area (Å²) in [5.74, 6) is 2.64. The number of carbonyl (C=O) groups is 1. The number of halogens is 2. The van der Waals surface area contributed by atoms with Crippen molar-refractivity contribution in [1.29, 1.82) is 0 Å². The van der Waals surface area contributed by atoms with E-state index in [-0.39, 0.29) is 19.1 Å². The molecule has 0 N–H and O–H groups in total. The van der Waals surface area contributed by atoms with Gasteiger partial charge in [-0.25, -0.2) is 14.4 Å². The number of nitrogens with zero attached hydrogens (tertiary/aromatic N) is 5. The number of hydrogen-bond donors (Lipinski definition) is 0. The molecule has 3 heterocycles. The Morgan fingerprint density at radius 1 is 1.24 bits per heavy atom. The Hall–Kier alpha value is -2.94. The van der Waals surface area contributed by atoms with Gasteiger partial charge in [0.15, 0.2) is 13.1 Å². The highest BCUT2D eigenvalue weighted by molar-refractivity contribution is 6.30. The third-order valence-electron chi connectivity index (χ3n) is 6.88. The first-order valence-corrected chi connectivity index (χ1v) is 12.0. The van der Waals surface area contributed by atoms with Crippen LogP contribution in [0.3, 0.4) is 0 Å². The van der Waals surface area contributed by atoms with E-state index in [1.54, 1.807) is 24.5 Å². The van der Waals surface area contributed by atoms with Crippen LogP contribution in [-0.2, 0) is 16.0 Å². The topological polar surface area (TPSA) is 80.2 Å². The lowest BCUT2D eigenvalue weighted by Gasteiger charge is -2.32. The number of carbonyl (C=O) groups excluding carboxylic acids is 1.